The van der Waals surface area contributed by atoms with E-state index < -0.39 is 0 Å². The number of aromatic nitrogens is 6. The molecule has 0 atom stereocenters. The third kappa shape index (κ3) is 5.69. The van der Waals surface area contributed by atoms with Crippen molar-refractivity contribution in [2.75, 3.05) is 0 Å². The van der Waals surface area contributed by atoms with Crippen molar-refractivity contribution < 1.29 is 0 Å². The zero-order valence-electron chi connectivity index (χ0n) is 33.8. The summed E-state index contributed by atoms with van der Waals surface area (Å²) in [7, 11) is 0. The smallest absolute Gasteiger partial charge is 0.165 e. The minimum atomic E-state index is 0.618. The standard InChI is InChI=1S/C57H34N6/c1-3-15-41-39(13-1)33-49(45-19-7-5-17-43(41)45)55-60-54(61-56(62-55)50-34-40-14-2-4-16-42(40)44-18-6-8-20-46(44)50)38-30-26-36(27-31-38)35-24-28-37(29-25-35)52-47-21-9-10-22-48(47)53-57(59-52)63-32-12-11-23-51(63)58-53/h1-34H. The van der Waals surface area contributed by atoms with Crippen molar-refractivity contribution in [3.05, 3.63) is 206 Å². The number of fused-ring (bicyclic) bond motifs is 11. The molecule has 6 heteroatoms. The third-order valence-corrected chi connectivity index (χ3v) is 12.4. The summed E-state index contributed by atoms with van der Waals surface area (Å²) in [4.78, 5) is 26.0. The molecule has 0 bridgehead atoms. The van der Waals surface area contributed by atoms with Crippen LogP contribution in [0.15, 0.2) is 206 Å². The first-order valence-electron chi connectivity index (χ1n) is 21.2. The quantitative estimate of drug-likeness (QED) is 0.162. The molecule has 292 valence electrons. The van der Waals surface area contributed by atoms with Crippen LogP contribution in [-0.2, 0) is 0 Å². The van der Waals surface area contributed by atoms with Crippen molar-refractivity contribution in [1.82, 2.24) is 29.3 Å². The molecule has 0 aliphatic heterocycles. The first kappa shape index (κ1) is 35.2. The van der Waals surface area contributed by atoms with Crippen LogP contribution in [0.25, 0.3) is 127 Å². The van der Waals surface area contributed by atoms with Gasteiger partial charge in [-0.25, -0.2) is 24.9 Å². The fourth-order valence-electron chi connectivity index (χ4n) is 9.41. The molecule has 13 rings (SSSR count). The second-order valence-electron chi connectivity index (χ2n) is 16.1. The monoisotopic (exact) mass is 802 g/mol. The number of pyridine rings is 2. The summed E-state index contributed by atoms with van der Waals surface area (Å²) in [6.07, 6.45) is 2.03. The van der Waals surface area contributed by atoms with E-state index >= 15 is 0 Å². The fraction of sp³-hybridized carbons (Fsp3) is 0. The van der Waals surface area contributed by atoms with Gasteiger partial charge in [0.2, 0.25) is 0 Å². The molecule has 0 N–H and O–H groups in total. The molecule has 0 radical (unpaired) electrons. The Kier molecular flexibility index (Phi) is 7.80. The molecule has 0 aliphatic carbocycles. The highest BCUT2D eigenvalue weighted by Crippen LogP contribution is 2.39. The van der Waals surface area contributed by atoms with E-state index in [0.717, 1.165) is 88.2 Å². The zero-order chi connectivity index (χ0) is 41.4. The molecular formula is C57H34N6. The summed E-state index contributed by atoms with van der Waals surface area (Å²) < 4.78 is 2.06. The molecule has 0 saturated heterocycles. The first-order chi connectivity index (χ1) is 31.2. The molecule has 0 spiro atoms. The Morgan fingerprint density at radius 1 is 0.302 bits per heavy atom. The Labute approximate surface area is 361 Å². The van der Waals surface area contributed by atoms with Crippen molar-refractivity contribution in [2.24, 2.45) is 0 Å². The molecule has 4 aromatic heterocycles. The highest BCUT2D eigenvalue weighted by atomic mass is 15.1. The summed E-state index contributed by atoms with van der Waals surface area (Å²) >= 11 is 0. The molecule has 13 aromatic rings. The van der Waals surface area contributed by atoms with Gasteiger partial charge in [-0.15, -0.1) is 0 Å². The largest absolute Gasteiger partial charge is 0.284 e. The Balaban J connectivity index is 0.936. The molecule has 0 unspecified atom stereocenters. The van der Waals surface area contributed by atoms with E-state index in [1.807, 2.05) is 24.4 Å². The van der Waals surface area contributed by atoms with Crippen molar-refractivity contribution >= 4 is 70.7 Å². The topological polar surface area (TPSA) is 68.9 Å². The molecule has 0 saturated carbocycles. The van der Waals surface area contributed by atoms with Crippen LogP contribution in [0.3, 0.4) is 0 Å². The maximum absolute atomic E-state index is 5.33. The Morgan fingerprint density at radius 2 is 0.746 bits per heavy atom. The predicted octanol–water partition coefficient (Wildman–Crippen LogP) is 14.2. The highest BCUT2D eigenvalue weighted by molar-refractivity contribution is 6.15. The Bertz CT molecular complexity index is 3830. The van der Waals surface area contributed by atoms with Gasteiger partial charge in [0, 0.05) is 39.2 Å². The van der Waals surface area contributed by atoms with Crippen LogP contribution in [0, 0.1) is 0 Å². The number of benzene rings is 9. The number of hydrogen-bond donors (Lipinski definition) is 0. The van der Waals surface area contributed by atoms with Gasteiger partial charge in [0.05, 0.1) is 5.69 Å². The van der Waals surface area contributed by atoms with Crippen molar-refractivity contribution in [3.8, 4) is 56.5 Å². The lowest BCUT2D eigenvalue weighted by atomic mass is 9.96. The van der Waals surface area contributed by atoms with E-state index in [0.29, 0.717) is 17.5 Å². The van der Waals surface area contributed by atoms with Crippen LogP contribution in [0.1, 0.15) is 0 Å². The summed E-state index contributed by atoms with van der Waals surface area (Å²) in [5.41, 5.74) is 9.68. The molecular weight excluding hydrogens is 769 g/mol. The summed E-state index contributed by atoms with van der Waals surface area (Å²) in [5, 5.41) is 11.4. The minimum absolute atomic E-state index is 0.618. The Hall–Kier alpha value is -8.61. The van der Waals surface area contributed by atoms with Crippen LogP contribution in [0.5, 0.6) is 0 Å². The maximum Gasteiger partial charge on any atom is 0.165 e. The van der Waals surface area contributed by atoms with E-state index in [-0.39, 0.29) is 0 Å². The highest BCUT2D eigenvalue weighted by Gasteiger charge is 2.19. The van der Waals surface area contributed by atoms with Crippen LogP contribution in [0.4, 0.5) is 0 Å². The summed E-state index contributed by atoms with van der Waals surface area (Å²) in [6, 6.07) is 70.3. The van der Waals surface area contributed by atoms with E-state index in [9.17, 15) is 0 Å². The molecule has 0 amide bonds. The lowest BCUT2D eigenvalue weighted by Gasteiger charge is -2.14. The second kappa shape index (κ2) is 14.0. The summed E-state index contributed by atoms with van der Waals surface area (Å²) in [6.45, 7) is 0. The SMILES string of the molecule is c1ccc2c(c1)cc(-c1nc(-c3ccc(-c4ccc(-c5nc6c(nc7ccccn76)c6ccccc56)cc4)cc3)nc(-c3cc4ccccc4c4ccccc34)n1)c1ccccc12. The van der Waals surface area contributed by atoms with Gasteiger partial charge in [0.15, 0.2) is 23.1 Å². The molecule has 6 nitrogen and oxygen atoms in total. The molecule has 63 heavy (non-hydrogen) atoms. The fourth-order valence-corrected chi connectivity index (χ4v) is 9.41. The maximum atomic E-state index is 5.33. The van der Waals surface area contributed by atoms with Gasteiger partial charge in [-0.05, 0) is 78.5 Å². The van der Waals surface area contributed by atoms with Gasteiger partial charge in [0.1, 0.15) is 11.2 Å². The third-order valence-electron chi connectivity index (χ3n) is 12.4. The molecule has 0 aliphatic rings. The van der Waals surface area contributed by atoms with Gasteiger partial charge in [-0.2, -0.15) is 0 Å². The predicted molar refractivity (Wildman–Crippen MR) is 259 cm³/mol. The summed E-state index contributed by atoms with van der Waals surface area (Å²) in [5.74, 6) is 1.89. The van der Waals surface area contributed by atoms with E-state index in [1.165, 1.54) is 21.5 Å². The number of rotatable bonds is 5. The van der Waals surface area contributed by atoms with Crippen molar-refractivity contribution in [2.45, 2.75) is 0 Å². The first-order valence-corrected chi connectivity index (χ1v) is 21.2. The number of nitrogens with zero attached hydrogens (tertiary/aromatic N) is 6. The minimum Gasteiger partial charge on any atom is -0.284 e. The second-order valence-corrected chi connectivity index (χ2v) is 16.1. The van der Waals surface area contributed by atoms with Gasteiger partial charge < -0.3 is 0 Å². The lowest BCUT2D eigenvalue weighted by Crippen LogP contribution is -2.01. The molecule has 4 heterocycles. The Morgan fingerprint density at radius 3 is 1.33 bits per heavy atom. The van der Waals surface area contributed by atoms with Crippen LogP contribution < -0.4 is 0 Å². The van der Waals surface area contributed by atoms with Gasteiger partial charge in [-0.3, -0.25) is 4.40 Å². The number of hydrogen-bond acceptors (Lipinski definition) is 5. The van der Waals surface area contributed by atoms with E-state index in [4.69, 9.17) is 24.9 Å². The molecule has 9 aromatic carbocycles. The zero-order valence-corrected chi connectivity index (χ0v) is 33.8. The number of imidazole rings is 1. The average molecular weight is 803 g/mol. The van der Waals surface area contributed by atoms with Crippen LogP contribution in [0.2, 0.25) is 0 Å². The van der Waals surface area contributed by atoms with Crippen LogP contribution in [-0.4, -0.2) is 29.3 Å². The van der Waals surface area contributed by atoms with Gasteiger partial charge in [0.25, 0.3) is 0 Å². The van der Waals surface area contributed by atoms with Gasteiger partial charge in [-0.1, -0.05) is 176 Å². The van der Waals surface area contributed by atoms with Crippen molar-refractivity contribution in [3.63, 3.8) is 0 Å². The van der Waals surface area contributed by atoms with E-state index in [2.05, 4.69) is 186 Å². The van der Waals surface area contributed by atoms with Crippen molar-refractivity contribution in [1.29, 1.82) is 0 Å². The normalized spacial score (nSPS) is 11.8. The van der Waals surface area contributed by atoms with Gasteiger partial charge >= 0.3 is 0 Å². The van der Waals surface area contributed by atoms with Crippen LogP contribution >= 0.6 is 0 Å². The van der Waals surface area contributed by atoms with E-state index in [1.54, 1.807) is 0 Å². The lowest BCUT2D eigenvalue weighted by molar-refractivity contribution is 1.08. The molecule has 0 fully saturated rings. The average Bonchev–Trinajstić information content (AvgIpc) is 3.74.